The van der Waals surface area contributed by atoms with Crippen molar-refractivity contribution in [1.82, 2.24) is 19.4 Å². The Morgan fingerprint density at radius 3 is 3.00 bits per heavy atom. The van der Waals surface area contributed by atoms with Gasteiger partial charge in [-0.05, 0) is 48.7 Å². The van der Waals surface area contributed by atoms with Crippen molar-refractivity contribution in [2.45, 2.75) is 19.3 Å². The van der Waals surface area contributed by atoms with Gasteiger partial charge in [0.1, 0.15) is 12.4 Å². The van der Waals surface area contributed by atoms with Gasteiger partial charge in [0, 0.05) is 49.9 Å². The van der Waals surface area contributed by atoms with Crippen molar-refractivity contribution in [2.24, 2.45) is 5.92 Å². The molecule has 2 amide bonds. The summed E-state index contributed by atoms with van der Waals surface area (Å²) in [7, 11) is 0. The van der Waals surface area contributed by atoms with Gasteiger partial charge in [-0.1, -0.05) is 12.1 Å². The third-order valence-corrected chi connectivity index (χ3v) is 6.54. The summed E-state index contributed by atoms with van der Waals surface area (Å²) in [5.41, 5.74) is 2.90. The first-order valence-electron chi connectivity index (χ1n) is 12.0. The Morgan fingerprint density at radius 2 is 2.12 bits per heavy atom. The molecule has 2 aromatic heterocycles. The highest BCUT2D eigenvalue weighted by Gasteiger charge is 2.25. The monoisotopic (exact) mass is 462 g/mol. The van der Waals surface area contributed by atoms with Gasteiger partial charge in [-0.25, -0.2) is 4.52 Å². The number of likely N-dealkylation sites (tertiary alicyclic amines) is 1. The molecule has 178 valence electrons. The number of nitrogens with zero attached hydrogens (tertiary/aromatic N) is 4. The maximum atomic E-state index is 13.3. The number of fused-ring (bicyclic) bond motifs is 1. The number of hydrogen-bond acceptors (Lipinski definition) is 5. The fraction of sp³-hybridized carbons (Fsp3) is 0.423. The predicted octanol–water partition coefficient (Wildman–Crippen LogP) is 2.67. The molecule has 1 aromatic carbocycles. The van der Waals surface area contributed by atoms with Gasteiger partial charge in [0.2, 0.25) is 5.91 Å². The predicted molar refractivity (Wildman–Crippen MR) is 127 cm³/mol. The zero-order valence-electron chi connectivity index (χ0n) is 19.3. The first-order chi connectivity index (χ1) is 16.7. The highest BCUT2D eigenvalue weighted by Crippen LogP contribution is 2.21. The number of rotatable bonds is 7. The summed E-state index contributed by atoms with van der Waals surface area (Å²) < 4.78 is 13.6. The molecule has 1 atom stereocenters. The standard InChI is InChI=1S/C26H30N4O4/c31-25-7-3-10-28(25)13-15-34-23-6-1-4-22(17-23)26(32)29-12-14-33-19-20(18-29)16-21-5-2-11-30-24(21)8-9-27-30/h1-2,4-6,8-9,11,17,20H,3,7,10,12-16,18-19H2/t20-/m1/s1. The van der Waals surface area contributed by atoms with Gasteiger partial charge in [0.15, 0.2) is 0 Å². The van der Waals surface area contributed by atoms with E-state index in [0.29, 0.717) is 57.2 Å². The molecular weight excluding hydrogens is 432 g/mol. The summed E-state index contributed by atoms with van der Waals surface area (Å²) in [6.45, 7) is 4.14. The van der Waals surface area contributed by atoms with Crippen LogP contribution in [0.1, 0.15) is 28.8 Å². The molecular formula is C26H30N4O4. The Balaban J connectivity index is 1.22. The van der Waals surface area contributed by atoms with Crippen LogP contribution in [0.15, 0.2) is 54.9 Å². The summed E-state index contributed by atoms with van der Waals surface area (Å²) in [5.74, 6) is 1.02. The maximum absolute atomic E-state index is 13.3. The normalized spacial score (nSPS) is 18.9. The van der Waals surface area contributed by atoms with Gasteiger partial charge in [0.05, 0.1) is 25.3 Å². The third-order valence-electron chi connectivity index (χ3n) is 6.54. The van der Waals surface area contributed by atoms with Crippen molar-refractivity contribution in [1.29, 1.82) is 0 Å². The molecule has 2 fully saturated rings. The molecule has 0 spiro atoms. The Bertz CT molecular complexity index is 1160. The first kappa shape index (κ1) is 22.4. The van der Waals surface area contributed by atoms with Crippen LogP contribution in [0.4, 0.5) is 0 Å². The summed E-state index contributed by atoms with van der Waals surface area (Å²) in [6, 6.07) is 13.4. The summed E-state index contributed by atoms with van der Waals surface area (Å²) in [6.07, 6.45) is 6.11. The topological polar surface area (TPSA) is 76.4 Å². The number of amides is 2. The van der Waals surface area contributed by atoms with Crippen molar-refractivity contribution < 1.29 is 19.1 Å². The van der Waals surface area contributed by atoms with Crippen LogP contribution < -0.4 is 4.74 Å². The second kappa shape index (κ2) is 10.3. The van der Waals surface area contributed by atoms with Crippen LogP contribution in [0, 0.1) is 5.92 Å². The fourth-order valence-electron chi connectivity index (χ4n) is 4.80. The van der Waals surface area contributed by atoms with Crippen molar-refractivity contribution in [3.63, 3.8) is 0 Å². The van der Waals surface area contributed by atoms with Crippen LogP contribution in [0.25, 0.3) is 5.52 Å². The van der Waals surface area contributed by atoms with Crippen LogP contribution >= 0.6 is 0 Å². The number of carbonyl (C=O) groups is 2. The van der Waals surface area contributed by atoms with Crippen LogP contribution in [-0.2, 0) is 16.0 Å². The molecule has 2 saturated heterocycles. The average Bonchev–Trinajstić information content (AvgIpc) is 3.43. The number of hydrogen-bond donors (Lipinski definition) is 0. The molecule has 8 heteroatoms. The maximum Gasteiger partial charge on any atom is 0.254 e. The van der Waals surface area contributed by atoms with E-state index in [0.717, 1.165) is 24.9 Å². The van der Waals surface area contributed by atoms with Crippen molar-refractivity contribution >= 4 is 17.3 Å². The lowest BCUT2D eigenvalue weighted by Gasteiger charge is -2.24. The van der Waals surface area contributed by atoms with Gasteiger partial charge in [-0.2, -0.15) is 5.10 Å². The Kier molecular flexibility index (Phi) is 6.76. The first-order valence-corrected chi connectivity index (χ1v) is 12.0. The van der Waals surface area contributed by atoms with E-state index in [1.54, 1.807) is 12.3 Å². The molecule has 0 saturated carbocycles. The van der Waals surface area contributed by atoms with Crippen molar-refractivity contribution in [3.05, 3.63) is 66.0 Å². The lowest BCUT2D eigenvalue weighted by Crippen LogP contribution is -2.36. The minimum atomic E-state index is -0.0155. The molecule has 8 nitrogen and oxygen atoms in total. The zero-order chi connectivity index (χ0) is 23.3. The number of pyridine rings is 1. The van der Waals surface area contributed by atoms with Crippen LogP contribution in [0.5, 0.6) is 5.75 Å². The highest BCUT2D eigenvalue weighted by atomic mass is 16.5. The summed E-state index contributed by atoms with van der Waals surface area (Å²) in [5, 5.41) is 4.32. The second-order valence-corrected chi connectivity index (χ2v) is 8.95. The number of aromatic nitrogens is 2. The Hall–Kier alpha value is -3.39. The molecule has 5 rings (SSSR count). The van der Waals surface area contributed by atoms with E-state index >= 15 is 0 Å². The smallest absolute Gasteiger partial charge is 0.254 e. The molecule has 0 radical (unpaired) electrons. The molecule has 3 aromatic rings. The van der Waals surface area contributed by atoms with Crippen LogP contribution in [-0.4, -0.2) is 77.2 Å². The molecule has 0 aliphatic carbocycles. The van der Waals surface area contributed by atoms with E-state index in [1.807, 2.05) is 50.8 Å². The summed E-state index contributed by atoms with van der Waals surface area (Å²) in [4.78, 5) is 28.8. The molecule has 0 N–H and O–H groups in total. The van der Waals surface area contributed by atoms with E-state index in [1.165, 1.54) is 5.56 Å². The van der Waals surface area contributed by atoms with Crippen LogP contribution in [0.3, 0.4) is 0 Å². The van der Waals surface area contributed by atoms with Gasteiger partial charge < -0.3 is 19.3 Å². The zero-order valence-corrected chi connectivity index (χ0v) is 19.3. The van der Waals surface area contributed by atoms with Gasteiger partial charge >= 0.3 is 0 Å². The molecule has 0 unspecified atom stereocenters. The van der Waals surface area contributed by atoms with E-state index < -0.39 is 0 Å². The number of carbonyl (C=O) groups excluding carboxylic acids is 2. The molecule has 4 heterocycles. The van der Waals surface area contributed by atoms with Gasteiger partial charge in [-0.3, -0.25) is 9.59 Å². The summed E-state index contributed by atoms with van der Waals surface area (Å²) >= 11 is 0. The van der Waals surface area contributed by atoms with E-state index in [-0.39, 0.29) is 17.7 Å². The van der Waals surface area contributed by atoms with Crippen molar-refractivity contribution in [3.8, 4) is 5.75 Å². The van der Waals surface area contributed by atoms with E-state index in [9.17, 15) is 9.59 Å². The van der Waals surface area contributed by atoms with Crippen molar-refractivity contribution in [2.75, 3.05) is 46.0 Å². The Morgan fingerprint density at radius 1 is 1.18 bits per heavy atom. The lowest BCUT2D eigenvalue weighted by molar-refractivity contribution is -0.128. The molecule has 2 aliphatic rings. The van der Waals surface area contributed by atoms with Gasteiger partial charge in [0.25, 0.3) is 5.91 Å². The quantitative estimate of drug-likeness (QED) is 0.540. The van der Waals surface area contributed by atoms with Gasteiger partial charge in [-0.15, -0.1) is 0 Å². The SMILES string of the molecule is O=C1CCCN1CCOc1cccc(C(=O)N2CCOC[C@H](Cc3cccn4nccc34)C2)c1. The second-order valence-electron chi connectivity index (χ2n) is 8.95. The fourth-order valence-corrected chi connectivity index (χ4v) is 4.80. The minimum Gasteiger partial charge on any atom is -0.492 e. The lowest BCUT2D eigenvalue weighted by atomic mass is 9.99. The third kappa shape index (κ3) is 5.07. The van der Waals surface area contributed by atoms with E-state index in [2.05, 4.69) is 11.2 Å². The molecule has 0 bridgehead atoms. The molecule has 34 heavy (non-hydrogen) atoms. The Labute approximate surface area is 199 Å². The average molecular weight is 463 g/mol. The van der Waals surface area contributed by atoms with E-state index in [4.69, 9.17) is 9.47 Å². The molecule has 2 aliphatic heterocycles. The minimum absolute atomic E-state index is 0.0155. The largest absolute Gasteiger partial charge is 0.492 e. The number of benzene rings is 1. The highest BCUT2D eigenvalue weighted by molar-refractivity contribution is 5.94. The number of ether oxygens (including phenoxy) is 2. The van der Waals surface area contributed by atoms with Crippen LogP contribution in [0.2, 0.25) is 0 Å².